The zero-order valence-electron chi connectivity index (χ0n) is 52.8. The number of aromatic nitrogens is 3. The summed E-state index contributed by atoms with van der Waals surface area (Å²) in [5.74, 6) is -1.65. The molecule has 5 heteroatoms. The number of phenols is 1. The van der Waals surface area contributed by atoms with E-state index in [1.165, 1.54) is 0 Å². The Balaban J connectivity index is 0.00000903. The molecule has 2 aromatic heterocycles. The molecule has 0 aliphatic heterocycles. The first kappa shape index (κ1) is 26.0. The first-order valence-electron chi connectivity index (χ1n) is 28.6. The summed E-state index contributed by atoms with van der Waals surface area (Å²) in [7, 11) is 0. The number of fused-ring (bicyclic) bond motifs is 1. The van der Waals surface area contributed by atoms with Crippen molar-refractivity contribution in [1.29, 1.82) is 0 Å². The first-order valence-corrected chi connectivity index (χ1v) is 19.6. The fourth-order valence-corrected chi connectivity index (χ4v) is 7.37. The van der Waals surface area contributed by atoms with Gasteiger partial charge < -0.3 is 5.11 Å². The Morgan fingerprint density at radius 3 is 1.97 bits per heavy atom. The van der Waals surface area contributed by atoms with E-state index >= 15 is 0 Å². The van der Waals surface area contributed by atoms with Crippen molar-refractivity contribution in [3.8, 4) is 67.5 Å². The van der Waals surface area contributed by atoms with Gasteiger partial charge in [0.2, 0.25) is 0 Å². The second kappa shape index (κ2) is 17.1. The van der Waals surface area contributed by atoms with Gasteiger partial charge in [-0.2, -0.15) is 0 Å². The number of rotatable bonds is 8. The average molecular weight is 1000 g/mol. The second-order valence-electron chi connectivity index (χ2n) is 16.4. The molecule has 4 nitrogen and oxygen atoms in total. The van der Waals surface area contributed by atoms with E-state index in [-0.39, 0.29) is 38.1 Å². The second-order valence-corrected chi connectivity index (χ2v) is 16.4. The van der Waals surface area contributed by atoms with Crippen molar-refractivity contribution in [2.24, 2.45) is 0 Å². The standard InChI is InChI=1S/C56H56N3O.Pt/c1-35(2)45-16-13-17-46(36(3)4)52(45)38-23-27-44(28-24-38)59-50-19-14-18-47(53(50)58-54(59)48-15-11-12-20-51(48)60)40-31-41(33-43(32-40)56(8,9)10)49-34-39(29-30-57-49)37-21-25-42(26-22-37)55(5,6)7;/h11-30,32-36,60H,1-10H3;/q-1;/i5D3,6D3,7D3,21D,22D,25D,26D,29D,30D,34D,35D,36D;. The van der Waals surface area contributed by atoms with E-state index in [1.54, 1.807) is 30.3 Å². The van der Waals surface area contributed by atoms with Crippen LogP contribution in [0.3, 0.4) is 0 Å². The van der Waals surface area contributed by atoms with E-state index in [1.807, 2.05) is 120 Å². The molecule has 8 rings (SSSR count). The van der Waals surface area contributed by atoms with Crippen LogP contribution in [-0.4, -0.2) is 19.6 Å². The van der Waals surface area contributed by atoms with Gasteiger partial charge in [-0.1, -0.05) is 165 Å². The maximum atomic E-state index is 11.4. The average Bonchev–Trinajstić information content (AvgIpc) is 3.87. The van der Waals surface area contributed by atoms with Gasteiger partial charge in [-0.05, 0) is 97.9 Å². The van der Waals surface area contributed by atoms with Crippen molar-refractivity contribution in [3.05, 3.63) is 168 Å². The van der Waals surface area contributed by atoms with Gasteiger partial charge >= 0.3 is 0 Å². The summed E-state index contributed by atoms with van der Waals surface area (Å²) in [6.45, 7) is 1.27. The largest absolute Gasteiger partial charge is 0.507 e. The molecule has 0 aliphatic carbocycles. The number of hydrogen-bond acceptors (Lipinski definition) is 3. The van der Waals surface area contributed by atoms with Crippen LogP contribution in [0.15, 0.2) is 139 Å². The Hall–Kier alpha value is -5.57. The van der Waals surface area contributed by atoms with Crippen LogP contribution in [0.2, 0.25) is 0 Å². The van der Waals surface area contributed by atoms with Gasteiger partial charge in [-0.25, -0.2) is 4.98 Å². The van der Waals surface area contributed by atoms with Crippen LogP contribution in [0, 0.1) is 6.07 Å². The minimum Gasteiger partial charge on any atom is -0.507 e. The molecule has 0 amide bonds. The van der Waals surface area contributed by atoms with Gasteiger partial charge in [-0.15, -0.1) is 29.3 Å². The van der Waals surface area contributed by atoms with Gasteiger partial charge in [0.25, 0.3) is 0 Å². The molecule has 0 saturated heterocycles. The van der Waals surface area contributed by atoms with Crippen LogP contribution in [0.5, 0.6) is 5.75 Å². The summed E-state index contributed by atoms with van der Waals surface area (Å²) in [5.41, 5.74) is -0.629. The van der Waals surface area contributed by atoms with Crippen LogP contribution in [0.4, 0.5) is 0 Å². The van der Waals surface area contributed by atoms with E-state index in [4.69, 9.17) is 28.3 Å². The molecule has 2 heterocycles. The number of pyridine rings is 1. The van der Waals surface area contributed by atoms with E-state index < -0.39 is 102 Å². The maximum absolute atomic E-state index is 11.4. The van der Waals surface area contributed by atoms with E-state index in [0.29, 0.717) is 44.8 Å². The van der Waals surface area contributed by atoms with E-state index in [9.17, 15) is 6.48 Å². The van der Waals surface area contributed by atoms with Crippen molar-refractivity contribution in [2.75, 3.05) is 0 Å². The molecular formula is C56H56N3OPt-. The Labute approximate surface area is 402 Å². The monoisotopic (exact) mass is 1000 g/mol. The minimum atomic E-state index is -3.93. The Kier molecular flexibility index (Phi) is 7.28. The van der Waals surface area contributed by atoms with Crippen LogP contribution >= 0.6 is 0 Å². The first-order chi connectivity index (χ1) is 35.9. The Morgan fingerprint density at radius 2 is 1.33 bits per heavy atom. The van der Waals surface area contributed by atoms with Crippen LogP contribution in [0.25, 0.3) is 72.7 Å². The molecule has 0 saturated carbocycles. The summed E-state index contributed by atoms with van der Waals surface area (Å²) < 4.78 is 158. The van der Waals surface area contributed by atoms with Crippen molar-refractivity contribution in [1.82, 2.24) is 14.5 Å². The number of phenolic OH excluding ortho intramolecular Hbond substituents is 1. The number of nitrogens with zero attached hydrogens (tertiary/aromatic N) is 3. The van der Waals surface area contributed by atoms with Gasteiger partial charge in [-0.3, -0.25) is 9.55 Å². The number of aromatic hydroxyl groups is 1. The number of hydrogen-bond donors (Lipinski definition) is 1. The molecule has 312 valence electrons. The fourth-order valence-electron chi connectivity index (χ4n) is 7.37. The molecule has 0 atom stereocenters. The van der Waals surface area contributed by atoms with E-state index in [0.717, 1.165) is 22.3 Å². The summed E-state index contributed by atoms with van der Waals surface area (Å²) in [4.78, 5) is 9.54. The predicted octanol–water partition coefficient (Wildman–Crippen LogP) is 15.1. The third-order valence-electron chi connectivity index (χ3n) is 10.5. The summed E-state index contributed by atoms with van der Waals surface area (Å²) in [6.07, 6.45) is -0.763. The zero-order valence-corrected chi connectivity index (χ0v) is 37.1. The molecule has 0 fully saturated rings. The normalized spacial score (nSPS) is 17.2. The van der Waals surface area contributed by atoms with Crippen molar-refractivity contribution < 1.29 is 50.8 Å². The Morgan fingerprint density at radius 1 is 0.689 bits per heavy atom. The molecule has 1 N–H and O–H groups in total. The third kappa shape index (κ3) is 8.66. The quantitative estimate of drug-likeness (QED) is 0.154. The van der Waals surface area contributed by atoms with Gasteiger partial charge in [0.1, 0.15) is 11.6 Å². The van der Waals surface area contributed by atoms with Crippen molar-refractivity contribution in [3.63, 3.8) is 0 Å². The fraction of sp³-hybridized carbons (Fsp3) is 0.250. The summed E-state index contributed by atoms with van der Waals surface area (Å²) in [6, 6.07) is 26.2. The molecule has 6 aromatic carbocycles. The molecule has 0 spiro atoms. The maximum Gasteiger partial charge on any atom is 0.148 e. The number of imidazole rings is 1. The van der Waals surface area contributed by atoms with Gasteiger partial charge in [0, 0.05) is 53.7 Å². The molecule has 61 heavy (non-hydrogen) atoms. The van der Waals surface area contributed by atoms with Gasteiger partial charge in [0.15, 0.2) is 0 Å². The van der Waals surface area contributed by atoms with E-state index in [2.05, 4.69) is 11.1 Å². The Bertz CT molecular complexity index is 3600. The molecule has 0 aliphatic rings. The topological polar surface area (TPSA) is 50.9 Å². The molecule has 8 aromatic rings. The number of para-hydroxylation sites is 2. The van der Waals surface area contributed by atoms with Gasteiger partial charge in [0.05, 0.1) is 26.2 Å². The zero-order chi connectivity index (χ0) is 57.9. The van der Waals surface area contributed by atoms with Crippen LogP contribution in [0.1, 0.15) is 128 Å². The van der Waals surface area contributed by atoms with Crippen molar-refractivity contribution >= 4 is 11.0 Å². The SMILES string of the molecule is [2H]c1nc(-c2[c-]c(-c3cccc4c3nc(-c3ccccc3O)n4-c3ccc(-c4c(C([2H])(C)C)cccc4C([2H])(C)C)cc3)cc(C(C)(C)C)c2)c([2H])c(-c2c([2H])c([2H])c(C(C([2H])([2H])[2H])(C([2H])([2H])[2H])C([2H])([2H])[2H])c([2H])c2[2H])c1[2H].[Pt]. The predicted molar refractivity (Wildman–Crippen MR) is 252 cm³/mol. The smallest absolute Gasteiger partial charge is 0.148 e. The van der Waals surface area contributed by atoms with Crippen LogP contribution < -0.4 is 0 Å². The third-order valence-corrected chi connectivity index (χ3v) is 10.5. The summed E-state index contributed by atoms with van der Waals surface area (Å²) >= 11 is 0. The molecule has 0 bridgehead atoms. The molecule has 0 radical (unpaired) electrons. The molecule has 0 unspecified atom stereocenters. The van der Waals surface area contributed by atoms with Crippen LogP contribution in [-0.2, 0) is 31.9 Å². The van der Waals surface area contributed by atoms with Crippen molar-refractivity contribution in [2.45, 2.75) is 91.6 Å². The number of benzene rings is 6. The molecular weight excluding hydrogens is 926 g/mol. The summed E-state index contributed by atoms with van der Waals surface area (Å²) in [5, 5.41) is 11.4. The minimum absolute atomic E-state index is 0.